The highest BCUT2D eigenvalue weighted by Crippen LogP contribution is 2.31. The Labute approximate surface area is 177 Å². The Morgan fingerprint density at radius 3 is 2.17 bits per heavy atom. The molecule has 1 aromatic heterocycles. The van der Waals surface area contributed by atoms with Crippen molar-refractivity contribution in [1.29, 1.82) is 0 Å². The standard InChI is InChI=1S/C24H28N4O2/c1-16-22(24(3,4)5)27-28(20-9-7-6-8-10-20)23(16)26-21(30)15-18-11-13-19(14-12-18)25-17(2)29/h6-14H,15H2,1-5H3,(H,25,29)(H,26,30). The van der Waals surface area contributed by atoms with E-state index in [9.17, 15) is 9.59 Å². The predicted molar refractivity (Wildman–Crippen MR) is 120 cm³/mol. The summed E-state index contributed by atoms with van der Waals surface area (Å²) in [6.07, 6.45) is 0.227. The van der Waals surface area contributed by atoms with Gasteiger partial charge in [0.15, 0.2) is 0 Å². The van der Waals surface area contributed by atoms with Crippen LogP contribution in [0.5, 0.6) is 0 Å². The molecule has 2 N–H and O–H groups in total. The molecule has 0 fully saturated rings. The molecule has 0 unspecified atom stereocenters. The van der Waals surface area contributed by atoms with Gasteiger partial charge in [0.2, 0.25) is 11.8 Å². The van der Waals surface area contributed by atoms with E-state index in [1.54, 1.807) is 16.8 Å². The van der Waals surface area contributed by atoms with Crippen molar-refractivity contribution in [1.82, 2.24) is 9.78 Å². The second-order valence-electron chi connectivity index (χ2n) is 8.42. The summed E-state index contributed by atoms with van der Waals surface area (Å²) in [6.45, 7) is 9.79. The third-order valence-electron chi connectivity index (χ3n) is 4.73. The number of benzene rings is 2. The maximum Gasteiger partial charge on any atom is 0.229 e. The first-order valence-corrected chi connectivity index (χ1v) is 9.97. The lowest BCUT2D eigenvalue weighted by Crippen LogP contribution is -2.18. The van der Waals surface area contributed by atoms with Gasteiger partial charge in [0.25, 0.3) is 0 Å². The summed E-state index contributed by atoms with van der Waals surface area (Å²) in [6, 6.07) is 17.1. The zero-order chi connectivity index (χ0) is 21.9. The van der Waals surface area contributed by atoms with Gasteiger partial charge >= 0.3 is 0 Å². The van der Waals surface area contributed by atoms with E-state index >= 15 is 0 Å². The molecule has 0 aliphatic carbocycles. The van der Waals surface area contributed by atoms with E-state index in [2.05, 4.69) is 31.4 Å². The fourth-order valence-electron chi connectivity index (χ4n) is 3.38. The molecular weight excluding hydrogens is 376 g/mol. The zero-order valence-corrected chi connectivity index (χ0v) is 18.1. The number of nitrogens with one attached hydrogen (secondary N) is 2. The average molecular weight is 405 g/mol. The van der Waals surface area contributed by atoms with E-state index in [-0.39, 0.29) is 23.7 Å². The molecule has 30 heavy (non-hydrogen) atoms. The number of aromatic nitrogens is 2. The second-order valence-corrected chi connectivity index (χ2v) is 8.42. The summed E-state index contributed by atoms with van der Waals surface area (Å²) in [5.41, 5.74) is 4.22. The molecule has 0 atom stereocenters. The first-order chi connectivity index (χ1) is 14.1. The van der Waals surface area contributed by atoms with Crippen molar-refractivity contribution in [2.75, 3.05) is 10.6 Å². The lowest BCUT2D eigenvalue weighted by atomic mass is 9.90. The lowest BCUT2D eigenvalue weighted by molar-refractivity contribution is -0.116. The summed E-state index contributed by atoms with van der Waals surface area (Å²) in [5, 5.41) is 10.6. The molecule has 0 spiro atoms. The van der Waals surface area contributed by atoms with Crippen molar-refractivity contribution in [3.8, 4) is 5.69 Å². The minimum atomic E-state index is -0.150. The van der Waals surface area contributed by atoms with E-state index in [0.29, 0.717) is 11.5 Å². The first kappa shape index (κ1) is 21.3. The van der Waals surface area contributed by atoms with Crippen LogP contribution in [0, 0.1) is 6.92 Å². The molecule has 0 aliphatic heterocycles. The summed E-state index contributed by atoms with van der Waals surface area (Å²) in [5.74, 6) is 0.439. The van der Waals surface area contributed by atoms with Crippen LogP contribution in [0.2, 0.25) is 0 Å². The van der Waals surface area contributed by atoms with Crippen LogP contribution in [0.15, 0.2) is 54.6 Å². The summed E-state index contributed by atoms with van der Waals surface area (Å²) < 4.78 is 1.80. The Hall–Kier alpha value is -3.41. The Morgan fingerprint density at radius 2 is 1.60 bits per heavy atom. The number of rotatable bonds is 5. The fourth-order valence-corrected chi connectivity index (χ4v) is 3.38. The van der Waals surface area contributed by atoms with Gasteiger partial charge in [-0.05, 0) is 36.8 Å². The van der Waals surface area contributed by atoms with Gasteiger partial charge in [-0.1, -0.05) is 51.1 Å². The van der Waals surface area contributed by atoms with Gasteiger partial charge in [-0.3, -0.25) is 9.59 Å². The molecule has 0 saturated carbocycles. The average Bonchev–Trinajstić information content (AvgIpc) is 3.00. The van der Waals surface area contributed by atoms with Crippen molar-refractivity contribution in [3.05, 3.63) is 71.4 Å². The van der Waals surface area contributed by atoms with Crippen LogP contribution in [-0.2, 0) is 21.4 Å². The molecule has 0 aliphatic rings. The Morgan fingerprint density at radius 1 is 0.967 bits per heavy atom. The minimum Gasteiger partial charge on any atom is -0.326 e. The van der Waals surface area contributed by atoms with E-state index in [4.69, 9.17) is 5.10 Å². The normalized spacial score (nSPS) is 11.2. The van der Waals surface area contributed by atoms with Crippen molar-refractivity contribution in [3.63, 3.8) is 0 Å². The molecule has 0 radical (unpaired) electrons. The van der Waals surface area contributed by atoms with Crippen LogP contribution >= 0.6 is 0 Å². The van der Waals surface area contributed by atoms with Gasteiger partial charge in [-0.15, -0.1) is 0 Å². The van der Waals surface area contributed by atoms with Crippen LogP contribution < -0.4 is 10.6 Å². The quantitative estimate of drug-likeness (QED) is 0.652. The lowest BCUT2D eigenvalue weighted by Gasteiger charge is -2.16. The number of nitrogens with zero attached hydrogens (tertiary/aromatic N) is 2. The number of para-hydroxylation sites is 1. The number of hydrogen-bond acceptors (Lipinski definition) is 3. The number of hydrogen-bond donors (Lipinski definition) is 2. The molecule has 3 aromatic rings. The van der Waals surface area contributed by atoms with Crippen molar-refractivity contribution in [2.45, 2.75) is 46.5 Å². The monoisotopic (exact) mass is 404 g/mol. The summed E-state index contributed by atoms with van der Waals surface area (Å²) >= 11 is 0. The van der Waals surface area contributed by atoms with Gasteiger partial charge in [0, 0.05) is 23.6 Å². The van der Waals surface area contributed by atoms with Crippen molar-refractivity contribution >= 4 is 23.3 Å². The number of carbonyl (C=O) groups excluding carboxylic acids is 2. The molecule has 2 amide bonds. The third kappa shape index (κ3) is 4.95. The predicted octanol–water partition coefficient (Wildman–Crippen LogP) is 4.62. The largest absolute Gasteiger partial charge is 0.326 e. The van der Waals surface area contributed by atoms with Crippen LogP contribution in [0.25, 0.3) is 5.69 Å². The highest BCUT2D eigenvalue weighted by Gasteiger charge is 2.25. The van der Waals surface area contributed by atoms with Crippen molar-refractivity contribution < 1.29 is 9.59 Å². The van der Waals surface area contributed by atoms with Gasteiger partial charge in [-0.2, -0.15) is 5.10 Å². The SMILES string of the molecule is CC(=O)Nc1ccc(CC(=O)Nc2c(C)c(C(C)(C)C)nn2-c2ccccc2)cc1. The van der Waals surface area contributed by atoms with E-state index in [1.165, 1.54) is 6.92 Å². The highest BCUT2D eigenvalue weighted by molar-refractivity contribution is 5.93. The number of anilines is 2. The van der Waals surface area contributed by atoms with Gasteiger partial charge in [0.05, 0.1) is 17.8 Å². The smallest absolute Gasteiger partial charge is 0.229 e. The molecule has 0 bridgehead atoms. The maximum atomic E-state index is 12.8. The van der Waals surface area contributed by atoms with Crippen LogP contribution in [0.1, 0.15) is 44.5 Å². The first-order valence-electron chi connectivity index (χ1n) is 9.97. The minimum absolute atomic E-state index is 0.122. The Balaban J connectivity index is 1.85. The fraction of sp³-hybridized carbons (Fsp3) is 0.292. The number of amides is 2. The maximum absolute atomic E-state index is 12.8. The van der Waals surface area contributed by atoms with E-state index in [0.717, 1.165) is 22.5 Å². The Bertz CT molecular complexity index is 1050. The molecule has 6 heteroatoms. The second kappa shape index (κ2) is 8.53. The van der Waals surface area contributed by atoms with E-state index in [1.807, 2.05) is 49.4 Å². The molecule has 156 valence electrons. The van der Waals surface area contributed by atoms with Gasteiger partial charge in [-0.25, -0.2) is 4.68 Å². The summed E-state index contributed by atoms with van der Waals surface area (Å²) in [4.78, 5) is 24.0. The topological polar surface area (TPSA) is 76.0 Å². The molecule has 3 rings (SSSR count). The van der Waals surface area contributed by atoms with Gasteiger partial charge < -0.3 is 10.6 Å². The third-order valence-corrected chi connectivity index (χ3v) is 4.73. The number of carbonyl (C=O) groups is 2. The molecular formula is C24H28N4O2. The highest BCUT2D eigenvalue weighted by atomic mass is 16.2. The molecule has 6 nitrogen and oxygen atoms in total. The molecule has 1 heterocycles. The van der Waals surface area contributed by atoms with Gasteiger partial charge in [0.1, 0.15) is 5.82 Å². The Kier molecular flexibility index (Phi) is 6.06. The van der Waals surface area contributed by atoms with E-state index < -0.39 is 0 Å². The van der Waals surface area contributed by atoms with Crippen molar-refractivity contribution in [2.24, 2.45) is 0 Å². The summed E-state index contributed by atoms with van der Waals surface area (Å²) in [7, 11) is 0. The van der Waals surface area contributed by atoms with Crippen LogP contribution in [0.3, 0.4) is 0 Å². The van der Waals surface area contributed by atoms with Crippen LogP contribution in [0.4, 0.5) is 11.5 Å². The molecule has 2 aromatic carbocycles. The zero-order valence-electron chi connectivity index (χ0n) is 18.1. The molecule has 0 saturated heterocycles. The van der Waals surface area contributed by atoms with Crippen LogP contribution in [-0.4, -0.2) is 21.6 Å².